The molecule has 31 heavy (non-hydrogen) atoms. The zero-order chi connectivity index (χ0) is 22.4. The van der Waals surface area contributed by atoms with Crippen LogP contribution in [0.2, 0.25) is 5.02 Å². The lowest BCUT2D eigenvalue weighted by molar-refractivity contribution is 0.0745. The summed E-state index contributed by atoms with van der Waals surface area (Å²) in [5, 5.41) is 0.0872. The molecule has 3 rings (SSSR count). The van der Waals surface area contributed by atoms with E-state index in [0.717, 1.165) is 15.4 Å². The summed E-state index contributed by atoms with van der Waals surface area (Å²) in [7, 11) is -0.908. The molecule has 0 fully saturated rings. The van der Waals surface area contributed by atoms with E-state index in [2.05, 4.69) is 0 Å². The maximum absolute atomic E-state index is 13.4. The summed E-state index contributed by atoms with van der Waals surface area (Å²) in [6.07, 6.45) is 0.690. The van der Waals surface area contributed by atoms with Gasteiger partial charge in [-0.1, -0.05) is 72.3 Å². The Bertz CT molecular complexity index is 1130. The summed E-state index contributed by atoms with van der Waals surface area (Å²) in [6.45, 7) is 0.918. The van der Waals surface area contributed by atoms with Crippen molar-refractivity contribution in [1.82, 2.24) is 9.21 Å². The molecule has 0 radical (unpaired) electrons. The van der Waals surface area contributed by atoms with Crippen molar-refractivity contribution in [2.75, 3.05) is 20.6 Å². The highest BCUT2D eigenvalue weighted by atomic mass is 35.5. The lowest BCUT2D eigenvalue weighted by Gasteiger charge is -2.24. The second-order valence-electron chi connectivity index (χ2n) is 7.38. The lowest BCUT2D eigenvalue weighted by atomic mass is 10.1. The van der Waals surface area contributed by atoms with E-state index in [1.165, 1.54) is 26.2 Å². The van der Waals surface area contributed by atoms with Crippen LogP contribution in [0.15, 0.2) is 83.8 Å². The predicted molar refractivity (Wildman–Crippen MR) is 124 cm³/mol. The number of halogens is 1. The van der Waals surface area contributed by atoms with Crippen LogP contribution in [0.25, 0.3) is 0 Å². The number of hydrogen-bond donors (Lipinski definition) is 0. The average Bonchev–Trinajstić information content (AvgIpc) is 2.77. The van der Waals surface area contributed by atoms with E-state index in [9.17, 15) is 13.2 Å². The molecule has 0 aliphatic carbocycles. The average molecular weight is 457 g/mol. The molecule has 0 atom stereocenters. The summed E-state index contributed by atoms with van der Waals surface area (Å²) < 4.78 is 26.3. The first-order valence-electron chi connectivity index (χ1n) is 9.88. The Morgan fingerprint density at radius 1 is 0.871 bits per heavy atom. The molecule has 0 heterocycles. The summed E-state index contributed by atoms with van der Waals surface area (Å²) in [5.74, 6) is -0.244. The maximum Gasteiger partial charge on any atom is 0.254 e. The fraction of sp³-hybridized carbons (Fsp3) is 0.208. The van der Waals surface area contributed by atoms with Gasteiger partial charge in [0.05, 0.1) is 5.02 Å². The molecule has 0 spiro atoms. The van der Waals surface area contributed by atoms with Gasteiger partial charge in [0.15, 0.2) is 0 Å². The Kier molecular flexibility index (Phi) is 7.49. The molecular formula is C24H25ClN2O3S. The molecule has 5 nitrogen and oxygen atoms in total. The molecule has 1 amide bonds. The molecule has 0 saturated carbocycles. The van der Waals surface area contributed by atoms with Crippen molar-refractivity contribution in [3.8, 4) is 0 Å². The van der Waals surface area contributed by atoms with E-state index < -0.39 is 10.0 Å². The minimum atomic E-state index is -3.77. The Morgan fingerprint density at radius 2 is 1.45 bits per heavy atom. The van der Waals surface area contributed by atoms with Crippen LogP contribution in [-0.2, 0) is 23.0 Å². The van der Waals surface area contributed by atoms with Crippen LogP contribution in [0.1, 0.15) is 21.5 Å². The molecule has 3 aromatic carbocycles. The van der Waals surface area contributed by atoms with E-state index in [1.807, 2.05) is 60.7 Å². The van der Waals surface area contributed by atoms with Gasteiger partial charge in [0, 0.05) is 32.7 Å². The third-order valence-corrected chi connectivity index (χ3v) is 7.25. The number of sulfonamides is 1. The zero-order valence-corrected chi connectivity index (χ0v) is 19.1. The molecule has 0 aliphatic rings. The first-order chi connectivity index (χ1) is 14.8. The molecule has 0 unspecified atom stereocenters. The van der Waals surface area contributed by atoms with Gasteiger partial charge in [-0.15, -0.1) is 0 Å². The molecular weight excluding hydrogens is 432 g/mol. The fourth-order valence-electron chi connectivity index (χ4n) is 3.18. The van der Waals surface area contributed by atoms with Crippen LogP contribution in [0.4, 0.5) is 0 Å². The van der Waals surface area contributed by atoms with Crippen LogP contribution in [0, 0.1) is 0 Å². The van der Waals surface area contributed by atoms with Crippen LogP contribution in [0.3, 0.4) is 0 Å². The summed E-state index contributed by atoms with van der Waals surface area (Å²) in [5.41, 5.74) is 2.41. The van der Waals surface area contributed by atoms with Gasteiger partial charge in [-0.25, -0.2) is 12.7 Å². The standard InChI is InChI=1S/C24H25ClN2O3S/c1-26(2)31(29,30)23-17-21(13-14-22(23)25)24(28)27(18-20-11-7-4-8-12-20)16-15-19-9-5-3-6-10-19/h3-14,17H,15-16,18H2,1-2H3. The second-order valence-corrected chi connectivity index (χ2v) is 9.91. The van der Waals surface area contributed by atoms with Crippen molar-refractivity contribution >= 4 is 27.5 Å². The number of amides is 1. The van der Waals surface area contributed by atoms with Crippen molar-refractivity contribution < 1.29 is 13.2 Å². The normalized spacial score (nSPS) is 11.5. The summed E-state index contributed by atoms with van der Waals surface area (Å²) in [4.78, 5) is 15.1. The molecule has 3 aromatic rings. The van der Waals surface area contributed by atoms with E-state index >= 15 is 0 Å². The monoisotopic (exact) mass is 456 g/mol. The van der Waals surface area contributed by atoms with Gasteiger partial charge in [-0.3, -0.25) is 4.79 Å². The molecule has 7 heteroatoms. The molecule has 0 bridgehead atoms. The molecule has 0 N–H and O–H groups in total. The van der Waals surface area contributed by atoms with Crippen LogP contribution >= 0.6 is 11.6 Å². The third-order valence-electron chi connectivity index (χ3n) is 4.95. The lowest BCUT2D eigenvalue weighted by Crippen LogP contribution is -2.33. The van der Waals surface area contributed by atoms with Gasteiger partial charge in [-0.2, -0.15) is 0 Å². The highest BCUT2D eigenvalue weighted by Crippen LogP contribution is 2.25. The molecule has 0 aliphatic heterocycles. The Labute approximate surface area is 188 Å². The predicted octanol–water partition coefficient (Wildman–Crippen LogP) is 4.48. The van der Waals surface area contributed by atoms with Gasteiger partial charge in [-0.05, 0) is 35.7 Å². The smallest absolute Gasteiger partial charge is 0.254 e. The van der Waals surface area contributed by atoms with E-state index in [1.54, 1.807) is 11.0 Å². The van der Waals surface area contributed by atoms with E-state index in [-0.39, 0.29) is 21.4 Å². The van der Waals surface area contributed by atoms with Crippen LogP contribution < -0.4 is 0 Å². The maximum atomic E-state index is 13.4. The van der Waals surface area contributed by atoms with Crippen molar-refractivity contribution in [3.63, 3.8) is 0 Å². The van der Waals surface area contributed by atoms with Gasteiger partial charge in [0.25, 0.3) is 5.91 Å². The van der Waals surface area contributed by atoms with E-state index in [0.29, 0.717) is 19.5 Å². The van der Waals surface area contributed by atoms with Gasteiger partial charge >= 0.3 is 0 Å². The van der Waals surface area contributed by atoms with Crippen LogP contribution in [0.5, 0.6) is 0 Å². The van der Waals surface area contributed by atoms with Crippen LogP contribution in [-0.4, -0.2) is 44.2 Å². The molecule has 0 aromatic heterocycles. The highest BCUT2D eigenvalue weighted by Gasteiger charge is 2.24. The largest absolute Gasteiger partial charge is 0.334 e. The van der Waals surface area contributed by atoms with Crippen molar-refractivity contribution in [1.29, 1.82) is 0 Å². The Balaban J connectivity index is 1.91. The van der Waals surface area contributed by atoms with Gasteiger partial charge < -0.3 is 4.90 Å². The minimum absolute atomic E-state index is 0.0762. The SMILES string of the molecule is CN(C)S(=O)(=O)c1cc(C(=O)N(CCc2ccccc2)Cc2ccccc2)ccc1Cl. The first kappa shape index (κ1) is 23.0. The number of carbonyl (C=O) groups excluding carboxylic acids is 1. The number of rotatable bonds is 8. The second kappa shape index (κ2) is 10.1. The molecule has 162 valence electrons. The number of benzene rings is 3. The third kappa shape index (κ3) is 5.73. The highest BCUT2D eigenvalue weighted by molar-refractivity contribution is 7.89. The van der Waals surface area contributed by atoms with Crippen molar-refractivity contribution in [2.24, 2.45) is 0 Å². The van der Waals surface area contributed by atoms with E-state index in [4.69, 9.17) is 11.6 Å². The minimum Gasteiger partial charge on any atom is -0.334 e. The zero-order valence-electron chi connectivity index (χ0n) is 17.5. The van der Waals surface area contributed by atoms with Gasteiger partial charge in [0.1, 0.15) is 4.90 Å². The van der Waals surface area contributed by atoms with Crippen molar-refractivity contribution in [3.05, 3.63) is 101 Å². The number of nitrogens with zero attached hydrogens (tertiary/aromatic N) is 2. The van der Waals surface area contributed by atoms with Gasteiger partial charge in [0.2, 0.25) is 10.0 Å². The topological polar surface area (TPSA) is 57.7 Å². The summed E-state index contributed by atoms with van der Waals surface area (Å²) in [6, 6.07) is 24.0. The Morgan fingerprint density at radius 3 is 2.03 bits per heavy atom. The number of hydrogen-bond acceptors (Lipinski definition) is 3. The quantitative estimate of drug-likeness (QED) is 0.502. The first-order valence-corrected chi connectivity index (χ1v) is 11.7. The van der Waals surface area contributed by atoms with Crippen molar-refractivity contribution in [2.45, 2.75) is 17.9 Å². The summed E-state index contributed by atoms with van der Waals surface area (Å²) >= 11 is 6.15. The Hall–Kier alpha value is -2.67. The fourth-order valence-corrected chi connectivity index (χ4v) is 4.57. The number of carbonyl (C=O) groups is 1. The molecule has 0 saturated heterocycles.